The van der Waals surface area contributed by atoms with Crippen LogP contribution in [0.1, 0.15) is 142 Å². The third-order valence-electron chi connectivity index (χ3n) is 21.4. The summed E-state index contributed by atoms with van der Waals surface area (Å²) in [4.78, 5) is 83.1. The van der Waals surface area contributed by atoms with E-state index in [9.17, 15) is 24.3 Å². The number of thioether (sulfide) groups is 4. The molecule has 35 nitrogen and oxygen atoms in total. The van der Waals surface area contributed by atoms with Crippen LogP contribution in [0.25, 0.3) is 44.1 Å². The van der Waals surface area contributed by atoms with E-state index in [0.717, 1.165) is 61.6 Å². The van der Waals surface area contributed by atoms with Crippen molar-refractivity contribution in [3.8, 4) is 0 Å². The van der Waals surface area contributed by atoms with Gasteiger partial charge >= 0.3 is 23.9 Å². The Balaban J connectivity index is 0.000000158. The minimum atomic E-state index is -1.88. The molecule has 4 aromatic carbocycles. The first-order valence-corrected chi connectivity index (χ1v) is 49.0. The van der Waals surface area contributed by atoms with Gasteiger partial charge in [-0.25, -0.2) is 73.1 Å². The Morgan fingerprint density at radius 2 is 0.825 bits per heavy atom. The summed E-state index contributed by atoms with van der Waals surface area (Å²) in [5, 5.41) is 45.7. The van der Waals surface area contributed by atoms with Crippen molar-refractivity contribution >= 4 is 170 Å². The molecule has 8 aromatic heterocycles. The fraction of sp³-hybridized carbons (Fsp3) is 0.429. The number of halogens is 2. The SMILES string of the molecule is CC[C@H]1O[C@@H](n2nc(SC)c3c(N)ncnc32)C[C@@H]1O[Si](C)(C)C(C)(C)C.CCl.CSc1n[nH]c2ncnc(N)c12.CSc1nn([C@H]2C[C@H](O)[C@@H](CO)O2)c2ncnc(N)c12.CSc1nn([C@H]2C[C@H](OC(=O)c3ccc(C)cc3)[C@@H](COC(=O)c3ccc(C)cc3)O2)c2ncnc(N)c12.Cc1ccc(C(=O)OC[C@H]2O[C@H](Cl)C[C@@H]2OC(=O)c2ccc(C)cc2)cc1. The van der Waals surface area contributed by atoms with Gasteiger partial charge in [0.1, 0.15) is 118 Å². The van der Waals surface area contributed by atoms with E-state index in [0.29, 0.717) is 96.1 Å². The predicted molar refractivity (Wildman–Crippen MR) is 488 cm³/mol. The number of nitrogens with two attached hydrogens (primary N) is 4. The van der Waals surface area contributed by atoms with Gasteiger partial charge in [-0.15, -0.1) is 58.6 Å². The second-order valence-electron chi connectivity index (χ2n) is 31.0. The summed E-state index contributed by atoms with van der Waals surface area (Å²) in [6.07, 6.45) is 12.3. The number of benzene rings is 4. The van der Waals surface area contributed by atoms with Crippen LogP contribution in [0, 0.1) is 27.7 Å². The molecule has 0 unspecified atom stereocenters. The zero-order valence-corrected chi connectivity index (χ0v) is 78.0. The Labute approximate surface area is 755 Å². The zero-order valence-electron chi connectivity index (χ0n) is 72.2. The Kier molecular flexibility index (Phi) is 33.6. The molecule has 4 saturated heterocycles. The number of carbonyl (C=O) groups is 4. The number of aliphatic hydroxyl groups excluding tert-OH is 2. The molecule has 0 saturated carbocycles. The van der Waals surface area contributed by atoms with Crippen molar-refractivity contribution in [2.24, 2.45) is 0 Å². The lowest BCUT2D eigenvalue weighted by atomic mass is 10.1. The number of aryl methyl sites for hydroxylation is 4. The smallest absolute Gasteiger partial charge is 0.338 e. The summed E-state index contributed by atoms with van der Waals surface area (Å²) >= 11 is 16.6. The predicted octanol–water partition coefficient (Wildman–Crippen LogP) is 13.7. The molecule has 12 aromatic rings. The highest BCUT2D eigenvalue weighted by Gasteiger charge is 2.47. The number of H-pyrrole nitrogens is 1. The normalized spacial score (nSPS) is 20.8. The van der Waals surface area contributed by atoms with E-state index < -0.39 is 86.8 Å². The molecule has 4 fully saturated rings. The summed E-state index contributed by atoms with van der Waals surface area (Å²) in [5.74, 6) is -0.291. The Bertz CT molecular complexity index is 5710. The van der Waals surface area contributed by atoms with E-state index in [-0.39, 0.29) is 49.7 Å². The number of esters is 4. The van der Waals surface area contributed by atoms with E-state index >= 15 is 0 Å². The number of rotatable bonds is 21. The topological polar surface area (TPSA) is 481 Å². The number of anilines is 4. The van der Waals surface area contributed by atoms with Gasteiger partial charge in [-0.1, -0.05) is 110 Å². The number of ether oxygens (including phenoxy) is 8. The molecule has 0 aliphatic carbocycles. The Morgan fingerprint density at radius 1 is 0.484 bits per heavy atom. The summed E-state index contributed by atoms with van der Waals surface area (Å²) in [5.41, 5.74) is 31.5. The van der Waals surface area contributed by atoms with E-state index in [1.54, 1.807) is 69.7 Å². The number of carbonyl (C=O) groups excluding carboxylic acids is 4. The Morgan fingerprint density at radius 3 is 1.20 bits per heavy atom. The number of hydrogen-bond acceptors (Lipinski definition) is 35. The molecular weight excluding hydrogens is 1760 g/mol. The number of aliphatic hydroxyl groups is 2. The number of aromatic nitrogens is 16. The van der Waals surface area contributed by atoms with Crippen LogP contribution in [0.5, 0.6) is 0 Å². The molecule has 12 heterocycles. The quantitative estimate of drug-likeness (QED) is 0.0115. The molecule has 42 heteroatoms. The van der Waals surface area contributed by atoms with Crippen LogP contribution >= 0.6 is 70.2 Å². The maximum absolute atomic E-state index is 13.0. The molecule has 16 rings (SSSR count). The highest BCUT2D eigenvalue weighted by Crippen LogP contribution is 2.44. The van der Waals surface area contributed by atoms with Crippen LogP contribution in [0.4, 0.5) is 23.3 Å². The minimum Gasteiger partial charge on any atom is -0.459 e. The number of fused-ring (bicyclic) bond motifs is 4. The van der Waals surface area contributed by atoms with E-state index in [1.165, 1.54) is 67.0 Å². The van der Waals surface area contributed by atoms with Gasteiger partial charge < -0.3 is 75.5 Å². The lowest BCUT2D eigenvalue weighted by Gasteiger charge is -2.39. The van der Waals surface area contributed by atoms with Crippen LogP contribution in [0.15, 0.2) is 142 Å². The highest BCUT2D eigenvalue weighted by atomic mass is 35.5. The number of nitrogens with one attached hydrogen (secondary N) is 1. The molecule has 12 atom stereocenters. The minimum absolute atomic E-state index is 0.0399. The van der Waals surface area contributed by atoms with E-state index in [1.807, 2.05) is 106 Å². The van der Waals surface area contributed by atoms with Crippen molar-refractivity contribution in [3.05, 3.63) is 167 Å². The van der Waals surface area contributed by atoms with Gasteiger partial charge in [0, 0.05) is 32.1 Å². The fourth-order valence-corrected chi connectivity index (χ4v) is 17.5. The summed E-state index contributed by atoms with van der Waals surface area (Å²) in [7, 11) is -1.88. The lowest BCUT2D eigenvalue weighted by Crippen LogP contribution is -2.45. The monoisotopic (exact) mass is 1860 g/mol. The zero-order chi connectivity index (χ0) is 91.0. The molecule has 0 radical (unpaired) electrons. The van der Waals surface area contributed by atoms with Gasteiger partial charge in [0.25, 0.3) is 0 Å². The summed E-state index contributed by atoms with van der Waals surface area (Å²) in [6.45, 7) is 20.9. The van der Waals surface area contributed by atoms with Crippen molar-refractivity contribution in [2.75, 3.05) is 74.2 Å². The molecule has 672 valence electrons. The maximum Gasteiger partial charge on any atom is 0.338 e. The van der Waals surface area contributed by atoms with Crippen LogP contribution < -0.4 is 22.9 Å². The lowest BCUT2D eigenvalue weighted by molar-refractivity contribution is -0.0593. The average molecular weight is 1860 g/mol. The molecule has 11 N–H and O–H groups in total. The number of aromatic amines is 1. The van der Waals surface area contributed by atoms with Crippen molar-refractivity contribution < 1.29 is 71.7 Å². The number of alkyl halides is 2. The van der Waals surface area contributed by atoms with E-state index in [2.05, 4.69) is 113 Å². The van der Waals surface area contributed by atoms with Gasteiger partial charge in [0.2, 0.25) is 0 Å². The maximum atomic E-state index is 13.0. The highest BCUT2D eigenvalue weighted by molar-refractivity contribution is 7.99. The van der Waals surface area contributed by atoms with Crippen LogP contribution in [-0.2, 0) is 42.3 Å². The summed E-state index contributed by atoms with van der Waals surface area (Å²) < 4.78 is 57.8. The van der Waals surface area contributed by atoms with Crippen LogP contribution in [0.3, 0.4) is 0 Å². The molecular formula is C84H104Cl2N20O15S4Si. The second-order valence-corrected chi connectivity index (χ2v) is 39.4. The largest absolute Gasteiger partial charge is 0.459 e. The third-order valence-corrected chi connectivity index (χ3v) is 28.9. The van der Waals surface area contributed by atoms with Gasteiger partial charge in [-0.2, -0.15) is 20.4 Å². The molecule has 0 bridgehead atoms. The molecule has 0 spiro atoms. The van der Waals surface area contributed by atoms with Gasteiger partial charge in [0.05, 0.1) is 68.7 Å². The van der Waals surface area contributed by atoms with Crippen molar-refractivity contribution in [2.45, 2.75) is 199 Å². The standard InChI is InChI=1S/C27H27N5O5S.C21H21ClO5.C18H31N5O2SSi.C11H15N5O3S.C6H7N5S.CH3Cl/c1-15-4-8-17(9-5-15)26(33)35-13-20-19(37-27(34)18-10-6-16(2)7-11-18)12-21(36-20)32-24-22(25(31-32)38-3)23(28)29-14-30-24;1-13-3-7-15(8-4-13)20(23)25-12-18-17(11-19(22)26-18)27-21(24)16-9-5-14(2)6-10-16;1-8-11-12(25-27(6,7)18(2,3)4)9-13(24-11)23-16-14(17(22-23)26-5)15(19)20-10-21-16;1-20-11-8-9(12)13-4-14-10(8)16(15-11)7-2-5(18)6(3-17)19-7;1-12-6-3-4(7)8-2-9-5(3)10-11-6;1-2/h4-11,14,19-21H,12-13H2,1-3H3,(H2,28,29,30);3-10,17-19H,11-12H2,1-2H3;10-13H,8-9H2,1-7H3,(H2,19,20,21);4-7,17-18H,2-3H2,1H3,(H2,12,13,14);2H,1H3,(H3,7,8,9,10,11);1H3/t19-,20+,21+;17-,18+,19-;11-,12+,13-;5-,6+,7+;;/m0010../s1. The third kappa shape index (κ3) is 23.1. The first-order chi connectivity index (χ1) is 60.3. The van der Waals surface area contributed by atoms with Crippen LogP contribution in [-0.4, -0.2) is 227 Å². The van der Waals surface area contributed by atoms with Gasteiger partial charge in [0.15, 0.2) is 49.6 Å². The molecule has 126 heavy (non-hydrogen) atoms. The number of nitrogens with zero attached hydrogens (tertiary/aromatic N) is 15. The Hall–Kier alpha value is -9.92. The van der Waals surface area contributed by atoms with Crippen molar-refractivity contribution in [3.63, 3.8) is 0 Å². The first-order valence-electron chi connectivity index (χ1n) is 40.0. The molecule has 4 aliphatic heterocycles. The molecule has 0 amide bonds. The van der Waals surface area contributed by atoms with Crippen molar-refractivity contribution in [1.82, 2.24) is 79.4 Å². The second kappa shape index (κ2) is 43.7. The van der Waals surface area contributed by atoms with Gasteiger partial charge in [-0.05, 0) is 126 Å². The van der Waals surface area contributed by atoms with E-state index in [4.69, 9.17) is 87.1 Å². The molecule has 4 aliphatic rings. The number of nitrogen functional groups attached to an aromatic ring is 4. The van der Waals surface area contributed by atoms with Crippen LogP contribution in [0.2, 0.25) is 18.1 Å². The summed E-state index contributed by atoms with van der Waals surface area (Å²) in [6, 6.07) is 28.4. The van der Waals surface area contributed by atoms with Gasteiger partial charge in [-0.3, -0.25) is 5.10 Å². The average Bonchev–Trinajstić information content (AvgIpc) is 1.63. The number of hydrogen-bond donors (Lipinski definition) is 7. The first kappa shape index (κ1) is 96.7. The fourth-order valence-electron chi connectivity index (χ4n) is 13.6. The van der Waals surface area contributed by atoms with Crippen molar-refractivity contribution in [1.29, 1.82) is 0 Å².